The van der Waals surface area contributed by atoms with Crippen molar-refractivity contribution in [3.63, 3.8) is 0 Å². The number of nitrogens with one attached hydrogen (secondary N) is 1. The normalized spacial score (nSPS) is 11.6. The topological polar surface area (TPSA) is 100 Å². The van der Waals surface area contributed by atoms with E-state index in [-0.39, 0.29) is 24.9 Å². The highest BCUT2D eigenvalue weighted by atomic mass is 35.5. The smallest absolute Gasteiger partial charge is 0.407 e. The van der Waals surface area contributed by atoms with Crippen molar-refractivity contribution in [2.45, 2.75) is 51.7 Å². The van der Waals surface area contributed by atoms with Crippen molar-refractivity contribution in [1.82, 2.24) is 14.9 Å². The van der Waals surface area contributed by atoms with Crippen LogP contribution in [0.1, 0.15) is 38.4 Å². The van der Waals surface area contributed by atoms with Crippen molar-refractivity contribution in [2.24, 2.45) is 0 Å². The zero-order valence-corrected chi connectivity index (χ0v) is 20.1. The first kappa shape index (κ1) is 25.1. The van der Waals surface area contributed by atoms with Gasteiger partial charge in [-0.2, -0.15) is 5.26 Å². The number of methoxy groups -OCH3 is 1. The van der Waals surface area contributed by atoms with Crippen LogP contribution in [0.5, 0.6) is 0 Å². The van der Waals surface area contributed by atoms with Crippen LogP contribution in [-0.4, -0.2) is 34.7 Å². The summed E-state index contributed by atoms with van der Waals surface area (Å²) in [4.78, 5) is 31.6. The summed E-state index contributed by atoms with van der Waals surface area (Å²) in [6, 6.07) is 16.7. The lowest BCUT2D eigenvalue weighted by Gasteiger charge is -2.25. The van der Waals surface area contributed by atoms with E-state index in [1.54, 1.807) is 17.0 Å². The highest BCUT2D eigenvalue weighted by molar-refractivity contribution is 6.31. The Morgan fingerprint density at radius 3 is 2.71 bits per heavy atom. The van der Waals surface area contributed by atoms with Gasteiger partial charge in [0.25, 0.3) is 0 Å². The molecule has 1 aromatic heterocycles. The number of para-hydroxylation sites is 1. The van der Waals surface area contributed by atoms with Crippen molar-refractivity contribution in [2.75, 3.05) is 12.0 Å². The summed E-state index contributed by atoms with van der Waals surface area (Å²) in [5.74, 6) is 0.546. The number of fused-ring (bicyclic) bond motifs is 1. The third kappa shape index (κ3) is 6.27. The molecule has 178 valence electrons. The number of aryl methyl sites for hydroxylation is 1. The second-order valence-corrected chi connectivity index (χ2v) is 8.27. The minimum absolute atomic E-state index is 0.112. The number of anilines is 1. The van der Waals surface area contributed by atoms with Gasteiger partial charge in [-0.05, 0) is 43.2 Å². The van der Waals surface area contributed by atoms with Crippen LogP contribution in [0, 0.1) is 11.3 Å². The lowest BCUT2D eigenvalue weighted by molar-refractivity contribution is -0.119. The maximum atomic E-state index is 13.5. The largest absolute Gasteiger partial charge is 0.453 e. The molecule has 0 aliphatic rings. The molecule has 0 bridgehead atoms. The number of carbonyl (C=O) groups is 2. The number of unbranched alkanes of at least 4 members (excludes halogenated alkanes) is 1. The van der Waals surface area contributed by atoms with E-state index in [9.17, 15) is 9.59 Å². The average molecular weight is 482 g/mol. The first-order chi connectivity index (χ1) is 16.5. The third-order valence-electron chi connectivity index (χ3n) is 5.55. The maximum Gasteiger partial charge on any atom is 0.407 e. The van der Waals surface area contributed by atoms with E-state index in [2.05, 4.69) is 16.1 Å². The number of amides is 2. The summed E-state index contributed by atoms with van der Waals surface area (Å²) >= 11 is 6.18. The Kier molecular flexibility index (Phi) is 8.88. The predicted molar refractivity (Wildman–Crippen MR) is 131 cm³/mol. The number of benzene rings is 2. The van der Waals surface area contributed by atoms with Crippen LogP contribution in [0.25, 0.3) is 11.0 Å². The quantitative estimate of drug-likeness (QED) is 0.408. The number of aromatic nitrogens is 2. The molecule has 0 radical (unpaired) electrons. The van der Waals surface area contributed by atoms with Gasteiger partial charge in [0.2, 0.25) is 5.91 Å². The zero-order chi connectivity index (χ0) is 24.5. The van der Waals surface area contributed by atoms with Crippen LogP contribution in [0.15, 0.2) is 48.5 Å². The molecule has 0 saturated carbocycles. The fraction of sp³-hybridized carbons (Fsp3) is 0.360. The van der Waals surface area contributed by atoms with Gasteiger partial charge >= 0.3 is 6.09 Å². The molecular formula is C25H28ClN5O3. The molecule has 3 rings (SSSR count). The van der Waals surface area contributed by atoms with E-state index in [0.29, 0.717) is 36.7 Å². The highest BCUT2D eigenvalue weighted by Crippen LogP contribution is 2.25. The van der Waals surface area contributed by atoms with Gasteiger partial charge in [-0.25, -0.2) is 9.78 Å². The molecule has 34 heavy (non-hydrogen) atoms. The molecule has 0 saturated heterocycles. The molecule has 1 heterocycles. The second kappa shape index (κ2) is 12.1. The first-order valence-corrected chi connectivity index (χ1v) is 11.6. The van der Waals surface area contributed by atoms with Crippen molar-refractivity contribution in [3.8, 4) is 6.07 Å². The molecule has 0 unspecified atom stereocenters. The van der Waals surface area contributed by atoms with Crippen molar-refractivity contribution in [3.05, 3.63) is 59.4 Å². The Labute approximate surface area is 204 Å². The van der Waals surface area contributed by atoms with Gasteiger partial charge in [-0.15, -0.1) is 0 Å². The number of imidazole rings is 1. The predicted octanol–water partition coefficient (Wildman–Crippen LogP) is 5.05. The van der Waals surface area contributed by atoms with E-state index in [1.165, 1.54) is 7.11 Å². The summed E-state index contributed by atoms with van der Waals surface area (Å²) in [5.41, 5.74) is 2.37. The van der Waals surface area contributed by atoms with Crippen LogP contribution in [-0.2, 0) is 22.6 Å². The van der Waals surface area contributed by atoms with E-state index in [0.717, 1.165) is 16.7 Å². The molecule has 2 amide bonds. The lowest BCUT2D eigenvalue weighted by Crippen LogP contribution is -2.40. The van der Waals surface area contributed by atoms with Gasteiger partial charge in [0, 0.05) is 36.1 Å². The van der Waals surface area contributed by atoms with E-state index < -0.39 is 6.09 Å². The first-order valence-electron chi connectivity index (χ1n) is 11.2. The average Bonchev–Trinajstić information content (AvgIpc) is 3.18. The van der Waals surface area contributed by atoms with E-state index in [4.69, 9.17) is 21.8 Å². The highest BCUT2D eigenvalue weighted by Gasteiger charge is 2.24. The number of carbonyl (C=O) groups excluding carboxylic acids is 2. The zero-order valence-electron chi connectivity index (χ0n) is 19.3. The summed E-state index contributed by atoms with van der Waals surface area (Å²) in [6.45, 7) is 2.73. The van der Waals surface area contributed by atoms with Gasteiger partial charge in [0.15, 0.2) is 0 Å². The summed E-state index contributed by atoms with van der Waals surface area (Å²) < 4.78 is 6.73. The molecule has 2 aromatic carbocycles. The number of ether oxygens (including phenoxy) is 1. The van der Waals surface area contributed by atoms with Gasteiger partial charge in [-0.3, -0.25) is 4.79 Å². The number of hydrogen-bond donors (Lipinski definition) is 1. The van der Waals surface area contributed by atoms with Crippen LogP contribution >= 0.6 is 11.6 Å². The Balaban J connectivity index is 1.95. The van der Waals surface area contributed by atoms with E-state index in [1.807, 2.05) is 47.9 Å². The second-order valence-electron chi connectivity index (χ2n) is 7.84. The number of hydrogen-bond acceptors (Lipinski definition) is 5. The molecule has 0 fully saturated rings. The fourth-order valence-electron chi connectivity index (χ4n) is 3.76. The fourth-order valence-corrected chi connectivity index (χ4v) is 3.92. The SMILES string of the molecule is CC[C@H](CC(=O)N(Cc1nc2cc(Cl)ccc2n1CCCC#N)c1ccccc1)NC(=O)OC. The number of rotatable bonds is 10. The molecular weight excluding hydrogens is 454 g/mol. The van der Waals surface area contributed by atoms with Crippen molar-refractivity contribution in [1.29, 1.82) is 5.26 Å². The summed E-state index contributed by atoms with van der Waals surface area (Å²) in [6.07, 6.45) is 1.21. The third-order valence-corrected chi connectivity index (χ3v) is 5.78. The Hall–Kier alpha value is -3.57. The standard InChI is InChI=1S/C25H28ClN5O3/c1-3-19(28-25(33)34-2)16-24(32)31(20-9-5-4-6-10-20)17-23-29-21-15-18(26)11-12-22(21)30(23)14-8-7-13-27/h4-6,9-12,15,19H,3,7-8,14,16-17H2,1-2H3,(H,28,33)/t19-/m1/s1. The van der Waals surface area contributed by atoms with Crippen LogP contribution < -0.4 is 10.2 Å². The Bertz CT molecular complexity index is 1170. The van der Waals surface area contributed by atoms with Gasteiger partial charge in [0.05, 0.1) is 30.8 Å². The lowest BCUT2D eigenvalue weighted by atomic mass is 10.1. The molecule has 1 atom stereocenters. The number of nitrogens with zero attached hydrogens (tertiary/aromatic N) is 4. The molecule has 9 heteroatoms. The number of nitriles is 1. The van der Waals surface area contributed by atoms with E-state index >= 15 is 0 Å². The Morgan fingerprint density at radius 1 is 1.26 bits per heavy atom. The molecule has 0 aliphatic carbocycles. The van der Waals surface area contributed by atoms with Crippen molar-refractivity contribution < 1.29 is 14.3 Å². The van der Waals surface area contributed by atoms with Crippen LogP contribution in [0.3, 0.4) is 0 Å². The van der Waals surface area contributed by atoms with Gasteiger partial charge < -0.3 is 19.5 Å². The minimum atomic E-state index is -0.568. The Morgan fingerprint density at radius 2 is 2.03 bits per heavy atom. The monoisotopic (exact) mass is 481 g/mol. The molecule has 3 aromatic rings. The van der Waals surface area contributed by atoms with Crippen LogP contribution in [0.4, 0.5) is 10.5 Å². The molecule has 0 spiro atoms. The number of alkyl carbamates (subject to hydrolysis) is 1. The molecule has 1 N–H and O–H groups in total. The maximum absolute atomic E-state index is 13.5. The van der Waals surface area contributed by atoms with Crippen molar-refractivity contribution >= 4 is 40.3 Å². The summed E-state index contributed by atoms with van der Waals surface area (Å²) in [7, 11) is 1.29. The number of halogens is 1. The summed E-state index contributed by atoms with van der Waals surface area (Å²) in [5, 5.41) is 12.3. The molecule has 0 aliphatic heterocycles. The van der Waals surface area contributed by atoms with Gasteiger partial charge in [-0.1, -0.05) is 36.7 Å². The van der Waals surface area contributed by atoms with Gasteiger partial charge in [0.1, 0.15) is 5.82 Å². The van der Waals surface area contributed by atoms with Crippen LogP contribution in [0.2, 0.25) is 5.02 Å². The molecule has 8 nitrogen and oxygen atoms in total. The minimum Gasteiger partial charge on any atom is -0.453 e.